The molecule has 1 N–H and O–H groups in total. The predicted molar refractivity (Wildman–Crippen MR) is 126 cm³/mol. The number of aryl methyl sites for hydroxylation is 1. The summed E-state index contributed by atoms with van der Waals surface area (Å²) in [5.74, 6) is 0.0971. The van der Waals surface area contributed by atoms with Crippen molar-refractivity contribution < 1.29 is 9.59 Å². The van der Waals surface area contributed by atoms with Crippen LogP contribution in [0.4, 0.5) is 0 Å². The third-order valence-electron chi connectivity index (χ3n) is 6.01. The Labute approximate surface area is 189 Å². The van der Waals surface area contributed by atoms with E-state index in [9.17, 15) is 9.59 Å². The van der Waals surface area contributed by atoms with Gasteiger partial charge in [-0.1, -0.05) is 60.7 Å². The number of benzene rings is 2. The fourth-order valence-corrected chi connectivity index (χ4v) is 4.15. The quantitative estimate of drug-likeness (QED) is 0.570. The molecule has 0 aliphatic carbocycles. The number of aromatic nitrogens is 1. The van der Waals surface area contributed by atoms with Crippen molar-refractivity contribution in [1.82, 2.24) is 15.2 Å². The Bertz CT molecular complexity index is 1030. The predicted octanol–water partition coefficient (Wildman–Crippen LogP) is 4.35. The second kappa shape index (κ2) is 10.7. The monoisotopic (exact) mass is 427 g/mol. The van der Waals surface area contributed by atoms with Gasteiger partial charge < -0.3 is 10.2 Å². The highest BCUT2D eigenvalue weighted by Gasteiger charge is 2.27. The number of hydrogen-bond donors (Lipinski definition) is 1. The van der Waals surface area contributed by atoms with Crippen molar-refractivity contribution in [2.45, 2.75) is 25.7 Å². The van der Waals surface area contributed by atoms with E-state index in [1.165, 1.54) is 5.56 Å². The minimum atomic E-state index is -0.0203. The first kappa shape index (κ1) is 21.8. The molecule has 3 aromatic rings. The van der Waals surface area contributed by atoms with E-state index in [1.54, 1.807) is 12.3 Å². The number of piperidine rings is 1. The molecule has 1 aliphatic heterocycles. The molecule has 2 heterocycles. The number of nitrogens with zero attached hydrogens (tertiary/aromatic N) is 2. The largest absolute Gasteiger partial charge is 0.356 e. The number of rotatable bonds is 7. The Balaban J connectivity index is 1.24. The molecule has 1 aliphatic rings. The van der Waals surface area contributed by atoms with Crippen LogP contribution in [0.15, 0.2) is 79.0 Å². The number of likely N-dealkylation sites (tertiary alicyclic amines) is 1. The van der Waals surface area contributed by atoms with Gasteiger partial charge in [0.05, 0.1) is 5.69 Å². The fraction of sp³-hybridized carbons (Fsp3) is 0.296. The molecule has 5 heteroatoms. The van der Waals surface area contributed by atoms with Gasteiger partial charge in [0.2, 0.25) is 5.91 Å². The van der Waals surface area contributed by atoms with Crippen LogP contribution in [0, 0.1) is 5.92 Å². The molecule has 0 spiro atoms. The summed E-state index contributed by atoms with van der Waals surface area (Å²) in [6.45, 7) is 1.89. The van der Waals surface area contributed by atoms with Crippen molar-refractivity contribution in [3.05, 3.63) is 90.1 Å². The Hall–Kier alpha value is -3.47. The van der Waals surface area contributed by atoms with Crippen LogP contribution >= 0.6 is 0 Å². The maximum absolute atomic E-state index is 13.0. The highest BCUT2D eigenvalue weighted by molar-refractivity contribution is 5.95. The number of amides is 2. The van der Waals surface area contributed by atoms with Crippen molar-refractivity contribution in [1.29, 1.82) is 0 Å². The summed E-state index contributed by atoms with van der Waals surface area (Å²) < 4.78 is 0. The summed E-state index contributed by atoms with van der Waals surface area (Å²) in [6, 6.07) is 23.8. The summed E-state index contributed by atoms with van der Waals surface area (Å²) >= 11 is 0. The highest BCUT2D eigenvalue weighted by Crippen LogP contribution is 2.22. The zero-order chi connectivity index (χ0) is 22.2. The van der Waals surface area contributed by atoms with Crippen molar-refractivity contribution in [3.8, 4) is 11.3 Å². The Morgan fingerprint density at radius 2 is 1.62 bits per heavy atom. The first-order valence-corrected chi connectivity index (χ1v) is 11.3. The SMILES string of the molecule is O=C(NCCCc1ccccc1)C1CCN(C(=O)c2ccnc(-c3ccccc3)c2)CC1. The van der Waals surface area contributed by atoms with Crippen molar-refractivity contribution in [3.63, 3.8) is 0 Å². The van der Waals surface area contributed by atoms with Gasteiger partial charge in [-0.15, -0.1) is 0 Å². The Morgan fingerprint density at radius 1 is 0.938 bits per heavy atom. The lowest BCUT2D eigenvalue weighted by atomic mass is 9.95. The standard InChI is InChI=1S/C27H29N3O2/c31-26(29-16-7-10-21-8-3-1-4-9-21)23-14-18-30(19-15-23)27(32)24-13-17-28-25(20-24)22-11-5-2-6-12-22/h1-6,8-9,11-13,17,20,23H,7,10,14-16,18-19H2,(H,29,31). The molecule has 0 bridgehead atoms. The molecule has 164 valence electrons. The summed E-state index contributed by atoms with van der Waals surface area (Å²) in [4.78, 5) is 31.8. The zero-order valence-electron chi connectivity index (χ0n) is 18.2. The van der Waals surface area contributed by atoms with Crippen LogP contribution in [0.1, 0.15) is 35.2 Å². The fourth-order valence-electron chi connectivity index (χ4n) is 4.15. The molecule has 0 unspecified atom stereocenters. The minimum Gasteiger partial charge on any atom is -0.356 e. The third-order valence-corrected chi connectivity index (χ3v) is 6.01. The van der Waals surface area contributed by atoms with Gasteiger partial charge in [-0.3, -0.25) is 14.6 Å². The van der Waals surface area contributed by atoms with E-state index >= 15 is 0 Å². The van der Waals surface area contributed by atoms with Gasteiger partial charge in [-0.2, -0.15) is 0 Å². The second-order valence-electron chi connectivity index (χ2n) is 8.24. The molecule has 0 atom stereocenters. The van der Waals surface area contributed by atoms with Gasteiger partial charge >= 0.3 is 0 Å². The van der Waals surface area contributed by atoms with E-state index in [-0.39, 0.29) is 17.7 Å². The van der Waals surface area contributed by atoms with Crippen molar-refractivity contribution in [2.24, 2.45) is 5.92 Å². The van der Waals surface area contributed by atoms with Gasteiger partial charge in [0.15, 0.2) is 0 Å². The molecule has 2 aromatic carbocycles. The number of carbonyl (C=O) groups excluding carboxylic acids is 2. The average molecular weight is 428 g/mol. The molecule has 0 radical (unpaired) electrons. The molecule has 4 rings (SSSR count). The smallest absolute Gasteiger partial charge is 0.253 e. The maximum atomic E-state index is 13.0. The van der Waals surface area contributed by atoms with Crippen LogP contribution in [0.25, 0.3) is 11.3 Å². The van der Waals surface area contributed by atoms with E-state index < -0.39 is 0 Å². The summed E-state index contributed by atoms with van der Waals surface area (Å²) in [5.41, 5.74) is 3.72. The molecular weight excluding hydrogens is 398 g/mol. The minimum absolute atomic E-state index is 0.00583. The molecule has 1 fully saturated rings. The molecule has 32 heavy (non-hydrogen) atoms. The molecule has 2 amide bonds. The van der Waals surface area contributed by atoms with Crippen molar-refractivity contribution in [2.75, 3.05) is 19.6 Å². The maximum Gasteiger partial charge on any atom is 0.253 e. The normalized spacial score (nSPS) is 14.2. The van der Waals surface area contributed by atoms with Crippen LogP contribution in [0.2, 0.25) is 0 Å². The van der Waals surface area contributed by atoms with Crippen LogP contribution in [-0.2, 0) is 11.2 Å². The van der Waals surface area contributed by atoms with Gasteiger partial charge in [-0.05, 0) is 43.4 Å². The summed E-state index contributed by atoms with van der Waals surface area (Å²) in [6.07, 6.45) is 4.98. The van der Waals surface area contributed by atoms with E-state index in [0.717, 1.165) is 24.1 Å². The Morgan fingerprint density at radius 3 is 2.34 bits per heavy atom. The summed E-state index contributed by atoms with van der Waals surface area (Å²) in [5, 5.41) is 3.07. The first-order valence-electron chi connectivity index (χ1n) is 11.3. The molecule has 1 aromatic heterocycles. The van der Waals surface area contributed by atoms with Crippen LogP contribution in [0.3, 0.4) is 0 Å². The van der Waals surface area contributed by atoms with E-state index in [1.807, 2.05) is 59.5 Å². The van der Waals surface area contributed by atoms with Crippen LogP contribution < -0.4 is 5.32 Å². The summed E-state index contributed by atoms with van der Waals surface area (Å²) in [7, 11) is 0. The lowest BCUT2D eigenvalue weighted by molar-refractivity contribution is -0.126. The first-order chi connectivity index (χ1) is 15.7. The lowest BCUT2D eigenvalue weighted by Crippen LogP contribution is -2.43. The second-order valence-corrected chi connectivity index (χ2v) is 8.24. The van der Waals surface area contributed by atoms with Crippen molar-refractivity contribution >= 4 is 11.8 Å². The van der Waals surface area contributed by atoms with E-state index in [2.05, 4.69) is 22.4 Å². The van der Waals surface area contributed by atoms with Crippen LogP contribution in [0.5, 0.6) is 0 Å². The van der Waals surface area contributed by atoms with Gasteiger partial charge in [0.1, 0.15) is 0 Å². The van der Waals surface area contributed by atoms with Gasteiger partial charge in [-0.25, -0.2) is 0 Å². The molecular formula is C27H29N3O2. The Kier molecular flexibility index (Phi) is 7.28. The average Bonchev–Trinajstić information content (AvgIpc) is 2.87. The van der Waals surface area contributed by atoms with Crippen LogP contribution in [-0.4, -0.2) is 41.3 Å². The van der Waals surface area contributed by atoms with Gasteiger partial charge in [0, 0.05) is 42.9 Å². The third kappa shape index (κ3) is 5.61. The number of hydrogen-bond acceptors (Lipinski definition) is 3. The zero-order valence-corrected chi connectivity index (χ0v) is 18.2. The lowest BCUT2D eigenvalue weighted by Gasteiger charge is -2.31. The van der Waals surface area contributed by atoms with Gasteiger partial charge in [0.25, 0.3) is 5.91 Å². The van der Waals surface area contributed by atoms with E-state index in [0.29, 0.717) is 38.0 Å². The highest BCUT2D eigenvalue weighted by atomic mass is 16.2. The number of carbonyl (C=O) groups is 2. The number of nitrogens with one attached hydrogen (secondary N) is 1. The molecule has 1 saturated heterocycles. The molecule has 0 saturated carbocycles. The number of pyridine rings is 1. The topological polar surface area (TPSA) is 62.3 Å². The van der Waals surface area contributed by atoms with E-state index in [4.69, 9.17) is 0 Å². The molecule has 5 nitrogen and oxygen atoms in total.